The van der Waals surface area contributed by atoms with Crippen molar-refractivity contribution in [1.82, 2.24) is 9.80 Å². The Balaban J connectivity index is 2.00. The second-order valence-electron chi connectivity index (χ2n) is 5.64. The molecule has 0 aliphatic carbocycles. The van der Waals surface area contributed by atoms with Gasteiger partial charge in [0, 0.05) is 31.7 Å². The molecule has 1 aromatic rings. The van der Waals surface area contributed by atoms with Gasteiger partial charge in [0.15, 0.2) is 0 Å². The van der Waals surface area contributed by atoms with Gasteiger partial charge in [0.2, 0.25) is 0 Å². The van der Waals surface area contributed by atoms with Gasteiger partial charge in [-0.05, 0) is 38.1 Å². The van der Waals surface area contributed by atoms with E-state index in [4.69, 9.17) is 10.5 Å². The molecule has 0 unspecified atom stereocenters. The Bertz CT molecular complexity index is 599. The fourth-order valence-corrected chi connectivity index (χ4v) is 2.41. The standard InChI is InChI=1S/C16H18N4O/c1-16(2,12-18)20-9-7-19(8-10-20)15(21)14-5-3-13(11-17)4-6-14/h3-6H,7-10H2,1-2H3. The Kier molecular flexibility index (Phi) is 4.26. The van der Waals surface area contributed by atoms with Crippen molar-refractivity contribution in [1.29, 1.82) is 10.5 Å². The van der Waals surface area contributed by atoms with E-state index in [2.05, 4.69) is 11.0 Å². The van der Waals surface area contributed by atoms with Crippen LogP contribution in [-0.2, 0) is 0 Å². The summed E-state index contributed by atoms with van der Waals surface area (Å²) in [6.45, 7) is 6.41. The molecule has 1 aliphatic heterocycles. The molecule has 1 heterocycles. The molecule has 0 bridgehead atoms. The summed E-state index contributed by atoms with van der Waals surface area (Å²) in [5, 5.41) is 17.9. The summed E-state index contributed by atoms with van der Waals surface area (Å²) in [7, 11) is 0. The van der Waals surface area contributed by atoms with Crippen LogP contribution in [0.3, 0.4) is 0 Å². The quantitative estimate of drug-likeness (QED) is 0.826. The van der Waals surface area contributed by atoms with Crippen LogP contribution >= 0.6 is 0 Å². The van der Waals surface area contributed by atoms with Gasteiger partial charge < -0.3 is 4.90 Å². The highest BCUT2D eigenvalue weighted by Gasteiger charge is 2.31. The Hall–Kier alpha value is -2.37. The van der Waals surface area contributed by atoms with E-state index in [1.165, 1.54) is 0 Å². The molecule has 0 saturated carbocycles. The van der Waals surface area contributed by atoms with Gasteiger partial charge in [0.25, 0.3) is 5.91 Å². The van der Waals surface area contributed by atoms with Crippen molar-refractivity contribution in [2.24, 2.45) is 0 Å². The molecular formula is C16H18N4O. The molecule has 0 aromatic heterocycles. The minimum atomic E-state index is -0.496. The number of nitrogens with zero attached hydrogens (tertiary/aromatic N) is 4. The molecule has 5 heteroatoms. The first-order valence-corrected chi connectivity index (χ1v) is 6.93. The molecule has 1 saturated heterocycles. The van der Waals surface area contributed by atoms with Gasteiger partial charge in [-0.1, -0.05) is 0 Å². The lowest BCUT2D eigenvalue weighted by Crippen LogP contribution is -2.55. The monoisotopic (exact) mass is 282 g/mol. The smallest absolute Gasteiger partial charge is 0.253 e. The van der Waals surface area contributed by atoms with Crippen LogP contribution in [0.1, 0.15) is 29.8 Å². The molecule has 1 amide bonds. The third-order valence-electron chi connectivity index (χ3n) is 3.89. The van der Waals surface area contributed by atoms with E-state index in [0.717, 1.165) is 0 Å². The highest BCUT2D eigenvalue weighted by molar-refractivity contribution is 5.94. The second-order valence-corrected chi connectivity index (χ2v) is 5.64. The van der Waals surface area contributed by atoms with Crippen LogP contribution in [0.2, 0.25) is 0 Å². The minimum absolute atomic E-state index is 0.0195. The lowest BCUT2D eigenvalue weighted by molar-refractivity contribution is 0.0521. The van der Waals surface area contributed by atoms with Crippen molar-refractivity contribution in [3.8, 4) is 12.1 Å². The topological polar surface area (TPSA) is 71.1 Å². The number of hydrogen-bond donors (Lipinski definition) is 0. The average Bonchev–Trinajstić information content (AvgIpc) is 2.54. The van der Waals surface area contributed by atoms with Crippen LogP contribution in [0, 0.1) is 22.7 Å². The van der Waals surface area contributed by atoms with E-state index in [1.807, 2.05) is 19.9 Å². The van der Waals surface area contributed by atoms with E-state index < -0.39 is 5.54 Å². The third kappa shape index (κ3) is 3.21. The lowest BCUT2D eigenvalue weighted by Gasteiger charge is -2.40. The van der Waals surface area contributed by atoms with E-state index >= 15 is 0 Å². The SMILES string of the molecule is CC(C)(C#N)N1CCN(C(=O)c2ccc(C#N)cc2)CC1. The molecule has 21 heavy (non-hydrogen) atoms. The molecular weight excluding hydrogens is 264 g/mol. The number of nitriles is 2. The molecule has 0 N–H and O–H groups in total. The largest absolute Gasteiger partial charge is 0.336 e. The number of piperazine rings is 1. The predicted molar refractivity (Wildman–Crippen MR) is 78.3 cm³/mol. The van der Waals surface area contributed by atoms with Crippen LogP contribution in [0.5, 0.6) is 0 Å². The normalized spacial score (nSPS) is 16.1. The van der Waals surface area contributed by atoms with Gasteiger partial charge >= 0.3 is 0 Å². The first-order valence-electron chi connectivity index (χ1n) is 6.93. The van der Waals surface area contributed by atoms with Crippen LogP contribution in [0.4, 0.5) is 0 Å². The highest BCUT2D eigenvalue weighted by Crippen LogP contribution is 2.17. The van der Waals surface area contributed by atoms with Gasteiger partial charge in [-0.25, -0.2) is 0 Å². The number of carbonyl (C=O) groups excluding carboxylic acids is 1. The fourth-order valence-electron chi connectivity index (χ4n) is 2.41. The van der Waals surface area contributed by atoms with Crippen molar-refractivity contribution < 1.29 is 4.79 Å². The van der Waals surface area contributed by atoms with Gasteiger partial charge in [0.05, 0.1) is 17.7 Å². The van der Waals surface area contributed by atoms with Crippen LogP contribution in [-0.4, -0.2) is 47.4 Å². The van der Waals surface area contributed by atoms with E-state index in [0.29, 0.717) is 37.3 Å². The molecule has 1 aliphatic rings. The second kappa shape index (κ2) is 5.95. The zero-order valence-electron chi connectivity index (χ0n) is 12.3. The van der Waals surface area contributed by atoms with Crippen LogP contribution in [0.15, 0.2) is 24.3 Å². The molecule has 1 fully saturated rings. The summed E-state index contributed by atoms with van der Waals surface area (Å²) in [5.74, 6) is -0.0195. The van der Waals surface area contributed by atoms with Gasteiger partial charge in [-0.15, -0.1) is 0 Å². The maximum absolute atomic E-state index is 12.4. The maximum Gasteiger partial charge on any atom is 0.253 e. The zero-order valence-corrected chi connectivity index (χ0v) is 12.3. The Morgan fingerprint density at radius 3 is 2.14 bits per heavy atom. The first-order chi connectivity index (χ1) is 9.97. The summed E-state index contributed by atoms with van der Waals surface area (Å²) in [6, 6.07) is 11.0. The Labute approximate surface area is 125 Å². The van der Waals surface area contributed by atoms with E-state index in [-0.39, 0.29) is 5.91 Å². The highest BCUT2D eigenvalue weighted by atomic mass is 16.2. The first kappa shape index (κ1) is 15.0. The molecule has 1 aromatic carbocycles. The fraction of sp³-hybridized carbons (Fsp3) is 0.438. The summed E-state index contributed by atoms with van der Waals surface area (Å²) < 4.78 is 0. The summed E-state index contributed by atoms with van der Waals surface area (Å²) in [5.41, 5.74) is 0.651. The number of benzene rings is 1. The molecule has 0 spiro atoms. The van der Waals surface area contributed by atoms with Crippen molar-refractivity contribution in [2.45, 2.75) is 19.4 Å². The van der Waals surface area contributed by atoms with Crippen molar-refractivity contribution >= 4 is 5.91 Å². The van der Waals surface area contributed by atoms with Gasteiger partial charge in [-0.2, -0.15) is 10.5 Å². The van der Waals surface area contributed by atoms with Crippen molar-refractivity contribution in [3.63, 3.8) is 0 Å². The molecule has 0 atom stereocenters. The molecule has 108 valence electrons. The summed E-state index contributed by atoms with van der Waals surface area (Å²) in [6.07, 6.45) is 0. The number of hydrogen-bond acceptors (Lipinski definition) is 4. The van der Waals surface area contributed by atoms with Gasteiger partial charge in [0.1, 0.15) is 5.54 Å². The Morgan fingerprint density at radius 1 is 1.10 bits per heavy atom. The minimum Gasteiger partial charge on any atom is -0.336 e. The van der Waals surface area contributed by atoms with Crippen LogP contribution < -0.4 is 0 Å². The maximum atomic E-state index is 12.4. The zero-order chi connectivity index (χ0) is 15.5. The predicted octanol–water partition coefficient (Wildman–Crippen LogP) is 1.62. The summed E-state index contributed by atoms with van der Waals surface area (Å²) >= 11 is 0. The van der Waals surface area contributed by atoms with Gasteiger partial charge in [-0.3, -0.25) is 9.69 Å². The molecule has 2 rings (SSSR count). The number of amides is 1. The Morgan fingerprint density at radius 2 is 1.67 bits per heavy atom. The van der Waals surface area contributed by atoms with E-state index in [9.17, 15) is 4.79 Å². The lowest BCUT2D eigenvalue weighted by atomic mass is 10.0. The average molecular weight is 282 g/mol. The summed E-state index contributed by atoms with van der Waals surface area (Å²) in [4.78, 5) is 16.3. The van der Waals surface area contributed by atoms with Crippen LogP contribution in [0.25, 0.3) is 0 Å². The van der Waals surface area contributed by atoms with Crippen molar-refractivity contribution in [3.05, 3.63) is 35.4 Å². The molecule has 0 radical (unpaired) electrons. The van der Waals surface area contributed by atoms with Crippen molar-refractivity contribution in [2.75, 3.05) is 26.2 Å². The van der Waals surface area contributed by atoms with E-state index in [1.54, 1.807) is 29.2 Å². The number of carbonyl (C=O) groups is 1. The molecule has 5 nitrogen and oxygen atoms in total. The third-order valence-corrected chi connectivity index (χ3v) is 3.89. The number of rotatable bonds is 2.